The lowest BCUT2D eigenvalue weighted by atomic mass is 10.1. The Bertz CT molecular complexity index is 502. The molecule has 0 radical (unpaired) electrons. The highest BCUT2D eigenvalue weighted by atomic mass is 19.1. The molecular formula is C14H16F2N2O. The number of nitrogens with zero attached hydrogens (tertiary/aromatic N) is 1. The topological polar surface area (TPSA) is 32.3 Å². The van der Waals surface area contributed by atoms with Crippen molar-refractivity contribution >= 4 is 11.6 Å². The average molecular weight is 266 g/mol. The van der Waals surface area contributed by atoms with Gasteiger partial charge in [-0.1, -0.05) is 12.1 Å². The minimum Gasteiger partial charge on any atom is -0.325 e. The maximum Gasteiger partial charge on any atom is 0.241 e. The van der Waals surface area contributed by atoms with Crippen LogP contribution >= 0.6 is 0 Å². The van der Waals surface area contributed by atoms with E-state index in [1.165, 1.54) is 24.3 Å². The van der Waals surface area contributed by atoms with E-state index in [0.717, 1.165) is 0 Å². The molecule has 1 aliphatic heterocycles. The molecule has 19 heavy (non-hydrogen) atoms. The normalized spacial score (nSPS) is 17.7. The number of hydrogen-bond acceptors (Lipinski definition) is 2. The van der Waals surface area contributed by atoms with E-state index in [1.54, 1.807) is 17.9 Å². The summed E-state index contributed by atoms with van der Waals surface area (Å²) >= 11 is 0. The van der Waals surface area contributed by atoms with Gasteiger partial charge in [0.1, 0.15) is 11.6 Å². The Morgan fingerprint density at radius 2 is 2.21 bits per heavy atom. The van der Waals surface area contributed by atoms with Crippen molar-refractivity contribution in [2.75, 3.05) is 18.4 Å². The molecule has 0 fully saturated rings. The van der Waals surface area contributed by atoms with Crippen molar-refractivity contribution in [2.45, 2.75) is 19.4 Å². The summed E-state index contributed by atoms with van der Waals surface area (Å²) in [5, 5.41) is 2.63. The molecule has 1 aromatic carbocycles. The third-order valence-corrected chi connectivity index (χ3v) is 3.16. The zero-order chi connectivity index (χ0) is 13.8. The van der Waals surface area contributed by atoms with Gasteiger partial charge in [-0.15, -0.1) is 0 Å². The SMILES string of the molecule is CC(C(=O)Nc1cccc(F)c1)N1CCC=C(F)C1. The summed E-state index contributed by atoms with van der Waals surface area (Å²) in [6.45, 7) is 2.51. The number of carbonyl (C=O) groups is 1. The summed E-state index contributed by atoms with van der Waals surface area (Å²) in [7, 11) is 0. The van der Waals surface area contributed by atoms with Crippen LogP contribution in [0.3, 0.4) is 0 Å². The van der Waals surface area contributed by atoms with E-state index in [0.29, 0.717) is 18.7 Å². The number of halogens is 2. The number of rotatable bonds is 3. The predicted molar refractivity (Wildman–Crippen MR) is 69.9 cm³/mol. The van der Waals surface area contributed by atoms with Crippen LogP contribution < -0.4 is 5.32 Å². The Kier molecular flexibility index (Phi) is 4.27. The molecular weight excluding hydrogens is 250 g/mol. The molecule has 0 aliphatic carbocycles. The molecule has 1 N–H and O–H groups in total. The van der Waals surface area contributed by atoms with Crippen molar-refractivity contribution < 1.29 is 13.6 Å². The standard InChI is InChI=1S/C14H16F2N2O/c1-10(18-7-3-5-12(16)9-18)14(19)17-13-6-2-4-11(15)8-13/h2,4-6,8,10H,3,7,9H2,1H3,(H,17,19). The molecule has 1 unspecified atom stereocenters. The van der Waals surface area contributed by atoms with Gasteiger partial charge in [-0.3, -0.25) is 9.69 Å². The number of nitrogens with one attached hydrogen (secondary N) is 1. The molecule has 0 saturated carbocycles. The van der Waals surface area contributed by atoms with Crippen LogP contribution in [0, 0.1) is 5.82 Å². The lowest BCUT2D eigenvalue weighted by molar-refractivity contribution is -0.120. The van der Waals surface area contributed by atoms with Gasteiger partial charge in [0.25, 0.3) is 0 Å². The van der Waals surface area contributed by atoms with Crippen LogP contribution in [0.4, 0.5) is 14.5 Å². The van der Waals surface area contributed by atoms with Gasteiger partial charge in [0.05, 0.1) is 12.6 Å². The molecule has 0 bridgehead atoms. The van der Waals surface area contributed by atoms with E-state index in [9.17, 15) is 13.6 Å². The highest BCUT2D eigenvalue weighted by Gasteiger charge is 2.23. The number of carbonyl (C=O) groups excluding carboxylic acids is 1. The monoisotopic (exact) mass is 266 g/mol. The smallest absolute Gasteiger partial charge is 0.241 e. The van der Waals surface area contributed by atoms with E-state index in [2.05, 4.69) is 5.32 Å². The second-order valence-electron chi connectivity index (χ2n) is 4.59. The van der Waals surface area contributed by atoms with Crippen molar-refractivity contribution in [3.63, 3.8) is 0 Å². The largest absolute Gasteiger partial charge is 0.325 e. The van der Waals surface area contributed by atoms with Crippen LogP contribution in [-0.2, 0) is 4.79 Å². The number of amides is 1. The Labute approximate surface area is 110 Å². The van der Waals surface area contributed by atoms with Crippen LogP contribution in [0.5, 0.6) is 0 Å². The first kappa shape index (κ1) is 13.7. The van der Waals surface area contributed by atoms with E-state index >= 15 is 0 Å². The van der Waals surface area contributed by atoms with E-state index in [4.69, 9.17) is 0 Å². The summed E-state index contributed by atoms with van der Waals surface area (Å²) in [4.78, 5) is 13.8. The fourth-order valence-corrected chi connectivity index (χ4v) is 2.03. The Morgan fingerprint density at radius 1 is 1.42 bits per heavy atom. The van der Waals surface area contributed by atoms with Crippen LogP contribution in [0.25, 0.3) is 0 Å². The zero-order valence-corrected chi connectivity index (χ0v) is 10.7. The maximum absolute atomic E-state index is 13.2. The molecule has 1 aliphatic rings. The Hall–Kier alpha value is -1.75. The molecule has 1 heterocycles. The fraction of sp³-hybridized carbons (Fsp3) is 0.357. The number of benzene rings is 1. The van der Waals surface area contributed by atoms with Crippen LogP contribution in [-0.4, -0.2) is 29.9 Å². The first-order valence-electron chi connectivity index (χ1n) is 6.21. The van der Waals surface area contributed by atoms with Gasteiger partial charge in [-0.25, -0.2) is 8.78 Å². The van der Waals surface area contributed by atoms with Crippen molar-refractivity contribution in [1.82, 2.24) is 4.90 Å². The van der Waals surface area contributed by atoms with Gasteiger partial charge in [0.15, 0.2) is 0 Å². The van der Waals surface area contributed by atoms with Crippen molar-refractivity contribution in [3.8, 4) is 0 Å². The van der Waals surface area contributed by atoms with Gasteiger partial charge in [-0.2, -0.15) is 0 Å². The van der Waals surface area contributed by atoms with Gasteiger partial charge in [0.2, 0.25) is 5.91 Å². The summed E-state index contributed by atoms with van der Waals surface area (Å²) in [6, 6.07) is 5.25. The van der Waals surface area contributed by atoms with Crippen molar-refractivity contribution in [1.29, 1.82) is 0 Å². The molecule has 5 heteroatoms. The van der Waals surface area contributed by atoms with Crippen molar-refractivity contribution in [2.24, 2.45) is 0 Å². The summed E-state index contributed by atoms with van der Waals surface area (Å²) in [5.41, 5.74) is 0.407. The fourth-order valence-electron chi connectivity index (χ4n) is 2.03. The molecule has 2 rings (SSSR count). The highest BCUT2D eigenvalue weighted by molar-refractivity contribution is 5.94. The molecule has 1 atom stereocenters. The first-order valence-corrected chi connectivity index (χ1v) is 6.21. The van der Waals surface area contributed by atoms with E-state index in [1.807, 2.05) is 0 Å². The van der Waals surface area contributed by atoms with E-state index in [-0.39, 0.29) is 18.3 Å². The lowest BCUT2D eigenvalue weighted by Crippen LogP contribution is -2.44. The predicted octanol–water partition coefficient (Wildman–Crippen LogP) is 2.71. The van der Waals surface area contributed by atoms with E-state index < -0.39 is 11.9 Å². The molecule has 0 aromatic heterocycles. The zero-order valence-electron chi connectivity index (χ0n) is 10.7. The minimum atomic E-state index is -0.456. The van der Waals surface area contributed by atoms with Gasteiger partial charge < -0.3 is 5.32 Å². The quantitative estimate of drug-likeness (QED) is 0.912. The molecule has 0 saturated heterocycles. The maximum atomic E-state index is 13.2. The average Bonchev–Trinajstić information content (AvgIpc) is 2.38. The van der Waals surface area contributed by atoms with Crippen LogP contribution in [0.1, 0.15) is 13.3 Å². The summed E-state index contributed by atoms with van der Waals surface area (Å²) in [6.07, 6.45) is 2.14. The highest BCUT2D eigenvalue weighted by Crippen LogP contribution is 2.15. The third kappa shape index (κ3) is 3.61. The molecule has 1 amide bonds. The van der Waals surface area contributed by atoms with Gasteiger partial charge in [0, 0.05) is 12.2 Å². The second-order valence-corrected chi connectivity index (χ2v) is 4.59. The summed E-state index contributed by atoms with van der Waals surface area (Å²) in [5.74, 6) is -0.880. The van der Waals surface area contributed by atoms with Crippen LogP contribution in [0.2, 0.25) is 0 Å². The number of anilines is 1. The minimum absolute atomic E-state index is 0.151. The third-order valence-electron chi connectivity index (χ3n) is 3.16. The number of hydrogen-bond donors (Lipinski definition) is 1. The molecule has 102 valence electrons. The Morgan fingerprint density at radius 3 is 2.89 bits per heavy atom. The summed E-state index contributed by atoms with van der Waals surface area (Å²) < 4.78 is 26.2. The first-order chi connectivity index (χ1) is 9.06. The van der Waals surface area contributed by atoms with Crippen molar-refractivity contribution in [3.05, 3.63) is 42.0 Å². The lowest BCUT2D eigenvalue weighted by Gasteiger charge is -2.29. The molecule has 1 aromatic rings. The van der Waals surface area contributed by atoms with Gasteiger partial charge in [-0.05, 0) is 31.5 Å². The second kappa shape index (κ2) is 5.93. The Balaban J connectivity index is 1.98. The molecule has 0 spiro atoms. The van der Waals surface area contributed by atoms with Crippen LogP contribution in [0.15, 0.2) is 36.2 Å². The molecule has 3 nitrogen and oxygen atoms in total. The van der Waals surface area contributed by atoms with Gasteiger partial charge >= 0.3 is 0 Å².